The van der Waals surface area contributed by atoms with E-state index in [4.69, 9.17) is 34.2 Å². The largest absolute Gasteiger partial charge is 0.507 e. The molecular weight excluding hydrogens is 1340 g/mol. The highest BCUT2D eigenvalue weighted by Crippen LogP contribution is 2.51. The van der Waals surface area contributed by atoms with Crippen LogP contribution in [-0.4, -0.2) is 155 Å². The Hall–Kier alpha value is -10.2. The third-order valence-corrected chi connectivity index (χ3v) is 19.3. The number of unbranched alkanes of at least 4 members (excludes halogenated alkanes) is 2. The second-order valence-electron chi connectivity index (χ2n) is 28.2. The summed E-state index contributed by atoms with van der Waals surface area (Å²) in [5.41, 5.74) is 8.92. The Bertz CT molecular complexity index is 4200. The van der Waals surface area contributed by atoms with Gasteiger partial charge in [-0.05, 0) is 112 Å². The molecule has 8 amide bonds. The highest BCUT2D eigenvalue weighted by Gasteiger charge is 2.50. The minimum atomic E-state index is -2.00. The molecule has 0 aromatic heterocycles. The van der Waals surface area contributed by atoms with Crippen molar-refractivity contribution in [2.75, 3.05) is 67.9 Å². The van der Waals surface area contributed by atoms with Gasteiger partial charge in [0.15, 0.2) is 11.3 Å². The van der Waals surface area contributed by atoms with Gasteiger partial charge in [-0.2, -0.15) is 0 Å². The highest BCUT2D eigenvalue weighted by molar-refractivity contribution is 6.22. The van der Waals surface area contributed by atoms with Crippen LogP contribution in [0.2, 0.25) is 0 Å². The number of phenolic OH excluding ortho intramolecular Hbond substituents is 2. The van der Waals surface area contributed by atoms with Crippen LogP contribution in [0.5, 0.6) is 17.2 Å². The lowest BCUT2D eigenvalue weighted by atomic mass is 9.82. The van der Waals surface area contributed by atoms with Crippen molar-refractivity contribution in [3.8, 4) is 28.7 Å². The van der Waals surface area contributed by atoms with E-state index >= 15 is 4.79 Å². The average Bonchev–Trinajstić information content (AvgIpc) is 1.40. The number of esters is 1. The zero-order valence-electron chi connectivity index (χ0n) is 60.7. The molecule has 6 aliphatic rings. The number of ether oxygens (including phenoxy) is 3. The lowest BCUT2D eigenvalue weighted by Crippen LogP contribution is -2.54. The molecular formula is C76H97N11O17. The fourth-order valence-corrected chi connectivity index (χ4v) is 13.7. The van der Waals surface area contributed by atoms with E-state index in [1.165, 1.54) is 39.2 Å². The number of allylic oxidation sites excluding steroid dienone is 4. The first kappa shape index (κ1) is 78.0. The number of hydroxylamine groups is 1. The molecule has 1 fully saturated rings. The molecule has 1 aliphatic carbocycles. The molecule has 0 saturated carbocycles. The van der Waals surface area contributed by atoms with Crippen molar-refractivity contribution >= 4 is 92.2 Å². The molecule has 5 heterocycles. The van der Waals surface area contributed by atoms with Crippen LogP contribution in [0.3, 0.4) is 0 Å². The lowest BCUT2D eigenvalue weighted by molar-refractivity contribution is -0.152. The molecule has 104 heavy (non-hydrogen) atoms. The third kappa shape index (κ3) is 19.2. The Morgan fingerprint density at radius 3 is 2.27 bits per heavy atom. The summed E-state index contributed by atoms with van der Waals surface area (Å²) in [4.78, 5) is 148. The van der Waals surface area contributed by atoms with E-state index in [2.05, 4.69) is 62.6 Å². The summed E-state index contributed by atoms with van der Waals surface area (Å²) in [6.45, 7) is 21.7. The molecule has 9 rings (SSSR count). The summed E-state index contributed by atoms with van der Waals surface area (Å²) < 4.78 is 24.9. The maximum Gasteiger partial charge on any atom is 0.312 e. The molecule has 0 spiro atoms. The van der Waals surface area contributed by atoms with Crippen LogP contribution in [0.4, 0.5) is 21.9 Å². The fraction of sp³-hybridized carbons (Fsp3) is 0.487. The average molecular weight is 1440 g/mol. The van der Waals surface area contributed by atoms with E-state index in [0.29, 0.717) is 82.7 Å². The predicted molar refractivity (Wildman–Crippen MR) is 390 cm³/mol. The molecule has 3 aromatic carbocycles. The number of Topliss-reactive ketones (excluding diaryl/α,β-unsaturated/α-hetero) is 1. The third-order valence-electron chi connectivity index (χ3n) is 19.3. The number of amides is 8. The first-order valence-electron chi connectivity index (χ1n) is 35.6. The van der Waals surface area contributed by atoms with Crippen LogP contribution in [0.25, 0.3) is 33.3 Å². The molecule has 558 valence electrons. The van der Waals surface area contributed by atoms with Crippen molar-refractivity contribution < 1.29 is 76.8 Å². The minimum Gasteiger partial charge on any atom is -0.507 e. The molecule has 8 atom stereocenters. The zero-order valence-corrected chi connectivity index (χ0v) is 60.7. The number of hydrogen-bond donors (Lipinski definition) is 9. The number of nitrogens with zero attached hydrogens (tertiary/aromatic N) is 4. The topological polar surface area (TPSA) is 382 Å². The maximum absolute atomic E-state index is 15.1. The summed E-state index contributed by atoms with van der Waals surface area (Å²) in [5.74, 6) is -7.18. The SMILES string of the molecule is CC(=O)O[C@@H]1[C@H](C)C/C=C/O[C@@]2(C)Oc3c(C)c(O)c4c(=O)c(c5oc6cc(N7CCN(CCNOCc8ccc(NC(=O)[C@H](CCCNC(N)=O)NC(=O)[C@@H](NC(=O)CCCCCN9C(=O)C=CC9=O)C(C)C)cc8)CC7)cc(O)c6nc-5c4c3C2=O)NC(=O)/C(C)=C\C=C\[C@H](C)C[C@@H](C)C[C@H]1C. The number of aromatic nitrogens is 1. The number of aromatic hydroxyl groups is 2. The molecule has 28 heteroatoms. The van der Waals surface area contributed by atoms with Crippen molar-refractivity contribution in [3.63, 3.8) is 0 Å². The Morgan fingerprint density at radius 2 is 1.58 bits per heavy atom. The van der Waals surface area contributed by atoms with Gasteiger partial charge in [-0.15, -0.1) is 0 Å². The van der Waals surface area contributed by atoms with E-state index in [0.717, 1.165) is 23.3 Å². The second kappa shape index (κ2) is 34.9. The quantitative estimate of drug-likeness (QED) is 0.00698. The van der Waals surface area contributed by atoms with Gasteiger partial charge >= 0.3 is 17.8 Å². The van der Waals surface area contributed by atoms with Crippen molar-refractivity contribution in [2.24, 2.45) is 35.3 Å². The number of imide groups is 1. The number of phenols is 2. The zero-order chi connectivity index (χ0) is 75.3. The number of carbonyl (C=O) groups excluding carboxylic acids is 9. The number of nitrogens with one attached hydrogen (secondary N) is 6. The van der Waals surface area contributed by atoms with Gasteiger partial charge in [0, 0.05) is 125 Å². The van der Waals surface area contributed by atoms with Crippen LogP contribution in [0.1, 0.15) is 142 Å². The molecule has 4 bridgehead atoms. The van der Waals surface area contributed by atoms with E-state index in [1.807, 2.05) is 13.0 Å². The van der Waals surface area contributed by atoms with Gasteiger partial charge in [0.05, 0.1) is 23.8 Å². The van der Waals surface area contributed by atoms with Crippen LogP contribution in [-0.2, 0) is 54.5 Å². The molecule has 10 N–H and O–H groups in total. The molecule has 5 aliphatic heterocycles. The number of rotatable bonds is 24. The minimum absolute atomic E-state index is 0.00562. The van der Waals surface area contributed by atoms with Crippen molar-refractivity contribution in [2.45, 2.75) is 158 Å². The molecule has 28 nitrogen and oxygen atoms in total. The second-order valence-corrected chi connectivity index (χ2v) is 28.2. The van der Waals surface area contributed by atoms with E-state index in [-0.39, 0.29) is 147 Å². The van der Waals surface area contributed by atoms with Gasteiger partial charge in [0.25, 0.3) is 23.5 Å². The smallest absolute Gasteiger partial charge is 0.312 e. The van der Waals surface area contributed by atoms with Gasteiger partial charge in [-0.25, -0.2) is 15.3 Å². The Morgan fingerprint density at radius 1 is 0.856 bits per heavy atom. The Balaban J connectivity index is 0.834. The Labute approximate surface area is 603 Å². The number of urea groups is 1. The number of benzene rings is 4. The van der Waals surface area contributed by atoms with Gasteiger partial charge < -0.3 is 66.1 Å². The van der Waals surface area contributed by atoms with E-state index in [1.54, 1.807) is 75.4 Å². The number of piperazine rings is 1. The molecule has 1 saturated heterocycles. The van der Waals surface area contributed by atoms with Crippen LogP contribution in [0, 0.1) is 36.5 Å². The summed E-state index contributed by atoms with van der Waals surface area (Å²) in [7, 11) is 0. The number of hydrogen-bond acceptors (Lipinski definition) is 21. The van der Waals surface area contributed by atoms with Gasteiger partial charge in [0.1, 0.15) is 52.3 Å². The van der Waals surface area contributed by atoms with E-state index in [9.17, 15) is 53.4 Å². The van der Waals surface area contributed by atoms with Gasteiger partial charge in [-0.1, -0.05) is 78.3 Å². The number of nitrogens with two attached hydrogens (primary N) is 1. The van der Waals surface area contributed by atoms with Gasteiger partial charge in [0.2, 0.25) is 23.2 Å². The van der Waals surface area contributed by atoms with Crippen LogP contribution < -0.4 is 52.9 Å². The van der Waals surface area contributed by atoms with Crippen molar-refractivity contribution in [1.29, 1.82) is 0 Å². The first-order chi connectivity index (χ1) is 49.5. The summed E-state index contributed by atoms with van der Waals surface area (Å²) >= 11 is 0. The van der Waals surface area contributed by atoms with Crippen molar-refractivity contribution in [3.05, 3.63) is 112 Å². The normalized spacial score (nSPS) is 22.2. The number of anilines is 3. The van der Waals surface area contributed by atoms with Crippen molar-refractivity contribution in [1.82, 2.24) is 36.2 Å². The predicted octanol–water partition coefficient (Wildman–Crippen LogP) is 8.43. The number of primary amides is 1. The number of carbonyl (C=O) groups is 9. The number of ketones is 1. The highest BCUT2D eigenvalue weighted by atomic mass is 16.7. The standard InChI is InChI=1S/C76H97N11O17/c1-42(2)62(82-56(90)21-12-11-13-30-87-57(91)26-27-58(87)92)74(98)81-53(20-15-28-78-75(77)99)73(97)80-51-24-22-50(23-25-51)41-101-79-29-31-85-32-34-86(35-33-85)52-39-54(89)63-55(40-52)103-70-64(83-63)59-60-66(93)48(8)69-61(59)71(95)76(10,104-69)100-36-16-19-45(5)68(102-49(9)88)47(7)38-44(4)37-43(3)17-14-18-46(6)72(96)84-65(70)67(60)94/h14,16-18,22-27,36,39-40,42-45,47,53,62,68,79,89,93H,11-13,15,19-21,28-35,37-38,41H2,1-10H3,(H,80,97)(H,81,98)(H,82,90)(H,84,96)(H3,77,78,99)/b17-14+,36-16+,46-18-/t43-,44+,45+,47+,53-,62-,68+,76-/m0/s1. The Kier molecular flexibility index (Phi) is 26.1. The lowest BCUT2D eigenvalue weighted by Gasteiger charge is -2.36. The summed E-state index contributed by atoms with van der Waals surface area (Å²) in [5, 5.41) is 37.0. The molecule has 0 unspecified atom stereocenters. The maximum atomic E-state index is 15.1. The summed E-state index contributed by atoms with van der Waals surface area (Å²) in [6, 6.07) is 7.44. The van der Waals surface area contributed by atoms with Gasteiger partial charge in [-0.3, -0.25) is 57.8 Å². The van der Waals surface area contributed by atoms with Crippen LogP contribution >= 0.6 is 0 Å². The molecule has 3 aromatic rings. The first-order valence-corrected chi connectivity index (χ1v) is 35.6. The van der Waals surface area contributed by atoms with Crippen LogP contribution in [0.15, 0.2) is 93.9 Å². The van der Waals surface area contributed by atoms with E-state index < -0.39 is 70.7 Å². The summed E-state index contributed by atoms with van der Waals surface area (Å²) in [6.07, 6.45) is 14.6. The monoisotopic (exact) mass is 1440 g/mol. The number of fused-ring (bicyclic) bond motifs is 2. The fourth-order valence-electron chi connectivity index (χ4n) is 13.7. The molecule has 0 radical (unpaired) electrons.